The molecule has 0 aliphatic carbocycles. The molecule has 4 heteroatoms. The second kappa shape index (κ2) is 7.93. The lowest BCUT2D eigenvalue weighted by Crippen LogP contribution is -2.07. The van der Waals surface area contributed by atoms with Gasteiger partial charge in [0.25, 0.3) is 0 Å². The van der Waals surface area contributed by atoms with Crippen LogP contribution in [0.15, 0.2) is 18.2 Å². The topological polar surface area (TPSA) is 60.2 Å². The molecular weight excluding hydrogens is 202 g/mol. The minimum absolute atomic E-state index is 0.546. The highest BCUT2D eigenvalue weighted by atomic mass is 16.5. The van der Waals surface area contributed by atoms with Crippen LogP contribution in [0.25, 0.3) is 0 Å². The van der Waals surface area contributed by atoms with E-state index >= 15 is 0 Å². The zero-order valence-electron chi connectivity index (χ0n) is 9.91. The molecule has 0 aliphatic heterocycles. The first-order valence-corrected chi connectivity index (χ1v) is 5.87. The van der Waals surface area contributed by atoms with Gasteiger partial charge in [0.05, 0.1) is 0 Å². The number of aromatic nitrogens is 1. The van der Waals surface area contributed by atoms with Crippen molar-refractivity contribution < 1.29 is 4.74 Å². The van der Waals surface area contributed by atoms with Gasteiger partial charge in [-0.05, 0) is 25.0 Å². The molecule has 1 heterocycles. The van der Waals surface area contributed by atoms with E-state index in [2.05, 4.69) is 17.2 Å². The number of ether oxygens (including phenoxy) is 1. The molecule has 4 nitrogen and oxygen atoms in total. The summed E-state index contributed by atoms with van der Waals surface area (Å²) in [4.78, 5) is 4.15. The van der Waals surface area contributed by atoms with E-state index in [0.717, 1.165) is 38.4 Å². The number of nitrogens with zero attached hydrogens (tertiary/aromatic N) is 1. The van der Waals surface area contributed by atoms with Crippen LogP contribution in [-0.4, -0.2) is 24.7 Å². The van der Waals surface area contributed by atoms with Crippen molar-refractivity contribution in [1.82, 2.24) is 4.98 Å². The summed E-state index contributed by atoms with van der Waals surface area (Å²) < 4.78 is 5.45. The zero-order chi connectivity index (χ0) is 11.6. The van der Waals surface area contributed by atoms with E-state index in [-0.39, 0.29) is 0 Å². The predicted molar refractivity (Wildman–Crippen MR) is 67.5 cm³/mol. The zero-order valence-corrected chi connectivity index (χ0v) is 9.91. The van der Waals surface area contributed by atoms with E-state index in [4.69, 9.17) is 10.5 Å². The molecule has 1 aromatic rings. The highest BCUT2D eigenvalue weighted by Gasteiger charge is 1.93. The van der Waals surface area contributed by atoms with Crippen molar-refractivity contribution in [2.24, 2.45) is 0 Å². The number of anilines is 2. The van der Waals surface area contributed by atoms with Gasteiger partial charge >= 0.3 is 0 Å². The van der Waals surface area contributed by atoms with Crippen molar-refractivity contribution in [3.05, 3.63) is 18.2 Å². The van der Waals surface area contributed by atoms with Crippen molar-refractivity contribution in [3.63, 3.8) is 0 Å². The van der Waals surface area contributed by atoms with Crippen LogP contribution in [0, 0.1) is 0 Å². The quantitative estimate of drug-likeness (QED) is 0.664. The average molecular weight is 223 g/mol. The smallest absolute Gasteiger partial charge is 0.128 e. The van der Waals surface area contributed by atoms with Crippen LogP contribution in [0.5, 0.6) is 0 Å². The lowest BCUT2D eigenvalue weighted by atomic mass is 10.3. The predicted octanol–water partition coefficient (Wildman–Crippen LogP) is 2.28. The van der Waals surface area contributed by atoms with Crippen molar-refractivity contribution in [2.75, 3.05) is 30.8 Å². The monoisotopic (exact) mass is 223 g/mol. The first-order chi connectivity index (χ1) is 7.83. The molecule has 0 unspecified atom stereocenters. The minimum atomic E-state index is 0.546. The molecule has 16 heavy (non-hydrogen) atoms. The van der Waals surface area contributed by atoms with Crippen LogP contribution in [0.4, 0.5) is 11.6 Å². The molecule has 0 aliphatic rings. The second-order valence-electron chi connectivity index (χ2n) is 3.69. The maximum Gasteiger partial charge on any atom is 0.128 e. The van der Waals surface area contributed by atoms with Crippen LogP contribution in [0.3, 0.4) is 0 Å². The van der Waals surface area contributed by atoms with E-state index in [0.29, 0.717) is 5.82 Å². The number of hydrogen-bond acceptors (Lipinski definition) is 4. The molecule has 0 saturated carbocycles. The number of pyridine rings is 1. The highest BCUT2D eigenvalue weighted by molar-refractivity contribution is 5.41. The molecule has 0 aromatic carbocycles. The van der Waals surface area contributed by atoms with E-state index < -0.39 is 0 Å². The van der Waals surface area contributed by atoms with Gasteiger partial charge in [0, 0.05) is 19.8 Å². The third kappa shape index (κ3) is 5.56. The van der Waals surface area contributed by atoms with Crippen molar-refractivity contribution in [1.29, 1.82) is 0 Å². The fourth-order valence-corrected chi connectivity index (χ4v) is 1.29. The van der Waals surface area contributed by atoms with Gasteiger partial charge in [0.1, 0.15) is 11.6 Å². The van der Waals surface area contributed by atoms with Gasteiger partial charge in [-0.3, -0.25) is 0 Å². The normalized spacial score (nSPS) is 10.3. The summed E-state index contributed by atoms with van der Waals surface area (Å²) in [6, 6.07) is 5.58. The van der Waals surface area contributed by atoms with Gasteiger partial charge in [-0.15, -0.1) is 0 Å². The van der Waals surface area contributed by atoms with E-state index in [1.54, 1.807) is 6.07 Å². The fraction of sp³-hybridized carbons (Fsp3) is 0.583. The second-order valence-corrected chi connectivity index (χ2v) is 3.69. The lowest BCUT2D eigenvalue weighted by molar-refractivity contribution is 0.131. The Morgan fingerprint density at radius 2 is 2.12 bits per heavy atom. The molecule has 3 N–H and O–H groups in total. The summed E-state index contributed by atoms with van der Waals surface area (Å²) in [6.45, 7) is 4.70. The number of nitrogens with two attached hydrogens (primary N) is 1. The van der Waals surface area contributed by atoms with Crippen LogP contribution in [0.1, 0.15) is 26.2 Å². The van der Waals surface area contributed by atoms with Gasteiger partial charge in [-0.1, -0.05) is 19.4 Å². The number of hydrogen-bond donors (Lipinski definition) is 2. The molecule has 1 aromatic heterocycles. The van der Waals surface area contributed by atoms with E-state index in [1.807, 2.05) is 12.1 Å². The summed E-state index contributed by atoms with van der Waals surface area (Å²) in [5.74, 6) is 1.37. The SMILES string of the molecule is CCCCOCCCNc1cccc(N)n1. The lowest BCUT2D eigenvalue weighted by Gasteiger charge is -2.06. The number of rotatable bonds is 8. The summed E-state index contributed by atoms with van der Waals surface area (Å²) in [5, 5.41) is 3.21. The first-order valence-electron chi connectivity index (χ1n) is 5.87. The van der Waals surface area contributed by atoms with Crippen LogP contribution < -0.4 is 11.1 Å². The van der Waals surface area contributed by atoms with Crippen LogP contribution in [0.2, 0.25) is 0 Å². The Hall–Kier alpha value is -1.29. The Bertz CT molecular complexity index is 291. The molecule has 0 bridgehead atoms. The number of unbranched alkanes of at least 4 members (excludes halogenated alkanes) is 1. The van der Waals surface area contributed by atoms with Crippen LogP contribution >= 0.6 is 0 Å². The molecule has 0 atom stereocenters. The van der Waals surface area contributed by atoms with Crippen molar-refractivity contribution in [2.45, 2.75) is 26.2 Å². The standard InChI is InChI=1S/C12H21N3O/c1-2-3-9-16-10-5-8-14-12-7-4-6-11(13)15-12/h4,6-7H,2-3,5,8-10H2,1H3,(H3,13,14,15). The summed E-state index contributed by atoms with van der Waals surface area (Å²) in [6.07, 6.45) is 3.32. The van der Waals surface area contributed by atoms with Gasteiger partial charge in [-0.25, -0.2) is 4.98 Å². The summed E-state index contributed by atoms with van der Waals surface area (Å²) in [7, 11) is 0. The van der Waals surface area contributed by atoms with Crippen molar-refractivity contribution >= 4 is 11.6 Å². The van der Waals surface area contributed by atoms with E-state index in [9.17, 15) is 0 Å². The Labute approximate surface area is 97.2 Å². The Kier molecular flexibility index (Phi) is 6.33. The minimum Gasteiger partial charge on any atom is -0.384 e. The summed E-state index contributed by atoms with van der Waals surface area (Å²) >= 11 is 0. The molecule has 0 radical (unpaired) electrons. The third-order valence-electron chi connectivity index (χ3n) is 2.18. The van der Waals surface area contributed by atoms with Gasteiger partial charge in [0.15, 0.2) is 0 Å². The molecule has 0 saturated heterocycles. The molecule has 0 amide bonds. The van der Waals surface area contributed by atoms with Gasteiger partial charge in [-0.2, -0.15) is 0 Å². The maximum atomic E-state index is 5.57. The summed E-state index contributed by atoms with van der Waals surface area (Å²) in [5.41, 5.74) is 5.57. The van der Waals surface area contributed by atoms with Gasteiger partial charge < -0.3 is 15.8 Å². The Balaban J connectivity index is 2.03. The van der Waals surface area contributed by atoms with E-state index in [1.165, 1.54) is 6.42 Å². The van der Waals surface area contributed by atoms with Crippen LogP contribution in [-0.2, 0) is 4.74 Å². The fourth-order valence-electron chi connectivity index (χ4n) is 1.29. The average Bonchev–Trinajstić information content (AvgIpc) is 2.28. The maximum absolute atomic E-state index is 5.57. The Morgan fingerprint density at radius 1 is 1.31 bits per heavy atom. The number of nitrogens with one attached hydrogen (secondary N) is 1. The molecule has 1 rings (SSSR count). The third-order valence-corrected chi connectivity index (χ3v) is 2.18. The molecule has 0 spiro atoms. The molecule has 0 fully saturated rings. The van der Waals surface area contributed by atoms with Crippen molar-refractivity contribution in [3.8, 4) is 0 Å². The molecular formula is C12H21N3O. The largest absolute Gasteiger partial charge is 0.384 e. The van der Waals surface area contributed by atoms with Gasteiger partial charge in [0.2, 0.25) is 0 Å². The Morgan fingerprint density at radius 3 is 2.88 bits per heavy atom. The highest BCUT2D eigenvalue weighted by Crippen LogP contribution is 2.05. The first kappa shape index (κ1) is 12.8. The number of nitrogen functional groups attached to an aromatic ring is 1. The molecule has 90 valence electrons.